The van der Waals surface area contributed by atoms with Crippen LogP contribution in [0.25, 0.3) is 0 Å². The number of nitrogens with one attached hydrogen (secondary N) is 1. The summed E-state index contributed by atoms with van der Waals surface area (Å²) < 4.78 is 4.67. The highest BCUT2D eigenvalue weighted by Gasteiger charge is 2.20. The Morgan fingerprint density at radius 1 is 1.39 bits per heavy atom. The lowest BCUT2D eigenvalue weighted by Crippen LogP contribution is -2.34. The Morgan fingerprint density at radius 2 is 2.06 bits per heavy atom. The molecule has 0 heterocycles. The van der Waals surface area contributed by atoms with Gasteiger partial charge in [-0.1, -0.05) is 30.3 Å². The molecule has 0 aliphatic carbocycles. The third-order valence-electron chi connectivity index (χ3n) is 2.24. The van der Waals surface area contributed by atoms with E-state index in [4.69, 9.17) is 5.26 Å². The number of benzene rings is 1. The van der Waals surface area contributed by atoms with Crippen LogP contribution in [-0.2, 0) is 14.3 Å². The van der Waals surface area contributed by atoms with Crippen molar-refractivity contribution >= 4 is 11.9 Å². The zero-order valence-corrected chi connectivity index (χ0v) is 10.1. The van der Waals surface area contributed by atoms with Crippen LogP contribution >= 0.6 is 0 Å². The fourth-order valence-corrected chi connectivity index (χ4v) is 1.40. The number of amides is 1. The molecule has 0 bridgehead atoms. The van der Waals surface area contributed by atoms with Crippen molar-refractivity contribution in [2.24, 2.45) is 0 Å². The Labute approximate surface area is 105 Å². The first-order valence-electron chi connectivity index (χ1n) is 5.57. The molecule has 1 unspecified atom stereocenters. The van der Waals surface area contributed by atoms with Crippen molar-refractivity contribution in [3.63, 3.8) is 0 Å². The summed E-state index contributed by atoms with van der Waals surface area (Å²) in [5.41, 5.74) is 0.598. The van der Waals surface area contributed by atoms with Crippen molar-refractivity contribution in [3.05, 3.63) is 35.9 Å². The summed E-state index contributed by atoms with van der Waals surface area (Å²) in [7, 11) is 0. The van der Waals surface area contributed by atoms with Crippen molar-refractivity contribution in [2.45, 2.75) is 12.8 Å². The molecule has 1 aromatic rings. The standard InChI is InChI=1S/C13H14N2O3/c1-2-18-12(16)9-15-13(17)11(8-14)10-6-4-3-5-7-10/h3-7,11H,2,9H2,1H3,(H,15,17). The van der Waals surface area contributed by atoms with Crippen LogP contribution in [0.5, 0.6) is 0 Å². The molecule has 5 nitrogen and oxygen atoms in total. The summed E-state index contributed by atoms with van der Waals surface area (Å²) >= 11 is 0. The van der Waals surface area contributed by atoms with Gasteiger partial charge in [0.05, 0.1) is 12.7 Å². The zero-order chi connectivity index (χ0) is 13.4. The van der Waals surface area contributed by atoms with Gasteiger partial charge in [0.15, 0.2) is 0 Å². The fourth-order valence-electron chi connectivity index (χ4n) is 1.40. The molecule has 94 valence electrons. The molecule has 1 atom stereocenters. The Morgan fingerprint density at radius 3 is 2.61 bits per heavy atom. The monoisotopic (exact) mass is 246 g/mol. The molecule has 0 fully saturated rings. The predicted octanol–water partition coefficient (Wildman–Crippen LogP) is 0.973. The molecule has 0 spiro atoms. The van der Waals surface area contributed by atoms with Crippen molar-refractivity contribution in [3.8, 4) is 6.07 Å². The van der Waals surface area contributed by atoms with Gasteiger partial charge >= 0.3 is 5.97 Å². The zero-order valence-electron chi connectivity index (χ0n) is 10.1. The Bertz CT molecular complexity index is 451. The molecule has 0 saturated heterocycles. The quantitative estimate of drug-likeness (QED) is 0.785. The van der Waals surface area contributed by atoms with E-state index in [-0.39, 0.29) is 13.2 Å². The van der Waals surface area contributed by atoms with Crippen LogP contribution in [-0.4, -0.2) is 25.0 Å². The Kier molecular flexibility index (Phi) is 5.39. The van der Waals surface area contributed by atoms with Crippen LogP contribution in [0.2, 0.25) is 0 Å². The smallest absolute Gasteiger partial charge is 0.325 e. The van der Waals surface area contributed by atoms with Crippen molar-refractivity contribution in [1.29, 1.82) is 5.26 Å². The van der Waals surface area contributed by atoms with Gasteiger partial charge in [-0.05, 0) is 12.5 Å². The van der Waals surface area contributed by atoms with Crippen molar-refractivity contribution in [1.82, 2.24) is 5.32 Å². The summed E-state index contributed by atoms with van der Waals surface area (Å²) in [6.45, 7) is 1.72. The highest BCUT2D eigenvalue weighted by molar-refractivity contribution is 5.89. The average Bonchev–Trinajstić information content (AvgIpc) is 2.39. The minimum Gasteiger partial charge on any atom is -0.465 e. The van der Waals surface area contributed by atoms with Gasteiger partial charge < -0.3 is 10.1 Å². The maximum Gasteiger partial charge on any atom is 0.325 e. The second-order valence-electron chi connectivity index (χ2n) is 3.50. The van der Waals surface area contributed by atoms with E-state index >= 15 is 0 Å². The SMILES string of the molecule is CCOC(=O)CNC(=O)C(C#N)c1ccccc1. The minimum atomic E-state index is -0.916. The topological polar surface area (TPSA) is 79.2 Å². The molecule has 0 aliphatic heterocycles. The van der Waals surface area contributed by atoms with Gasteiger partial charge in [-0.25, -0.2) is 0 Å². The second kappa shape index (κ2) is 7.07. The molecular formula is C13H14N2O3. The third-order valence-corrected chi connectivity index (χ3v) is 2.24. The van der Waals surface area contributed by atoms with E-state index in [1.807, 2.05) is 6.07 Å². The molecule has 0 aliphatic rings. The van der Waals surface area contributed by atoms with Crippen LogP contribution < -0.4 is 5.32 Å². The van der Waals surface area contributed by atoms with Gasteiger partial charge in [0.25, 0.3) is 0 Å². The van der Waals surface area contributed by atoms with E-state index in [0.717, 1.165) is 0 Å². The van der Waals surface area contributed by atoms with E-state index in [0.29, 0.717) is 5.56 Å². The molecule has 0 saturated carbocycles. The van der Waals surface area contributed by atoms with Gasteiger partial charge in [-0.3, -0.25) is 9.59 Å². The maximum absolute atomic E-state index is 11.7. The van der Waals surface area contributed by atoms with Crippen LogP contribution in [0.3, 0.4) is 0 Å². The Hall–Kier alpha value is -2.35. The number of rotatable bonds is 5. The number of carbonyl (C=O) groups excluding carboxylic acids is 2. The van der Waals surface area contributed by atoms with Gasteiger partial charge in [-0.15, -0.1) is 0 Å². The summed E-state index contributed by atoms with van der Waals surface area (Å²) in [4.78, 5) is 22.8. The second-order valence-corrected chi connectivity index (χ2v) is 3.50. The van der Waals surface area contributed by atoms with Gasteiger partial charge in [0.1, 0.15) is 12.5 Å². The number of nitrogens with zero attached hydrogens (tertiary/aromatic N) is 1. The maximum atomic E-state index is 11.7. The van der Waals surface area contributed by atoms with Crippen LogP contribution in [0.1, 0.15) is 18.4 Å². The molecule has 1 N–H and O–H groups in total. The fraction of sp³-hybridized carbons (Fsp3) is 0.308. The Balaban J connectivity index is 2.60. The number of nitriles is 1. The largest absolute Gasteiger partial charge is 0.465 e. The molecule has 0 aromatic heterocycles. The van der Waals surface area contributed by atoms with Gasteiger partial charge in [-0.2, -0.15) is 5.26 Å². The van der Waals surface area contributed by atoms with E-state index in [1.165, 1.54) is 0 Å². The summed E-state index contributed by atoms with van der Waals surface area (Å²) in [5, 5.41) is 11.4. The normalized spacial score (nSPS) is 11.1. The molecule has 18 heavy (non-hydrogen) atoms. The first-order valence-corrected chi connectivity index (χ1v) is 5.57. The van der Waals surface area contributed by atoms with Crippen LogP contribution in [0.4, 0.5) is 0 Å². The average molecular weight is 246 g/mol. The van der Waals surface area contributed by atoms with Gasteiger partial charge in [0, 0.05) is 0 Å². The van der Waals surface area contributed by atoms with Crippen LogP contribution in [0.15, 0.2) is 30.3 Å². The summed E-state index contributed by atoms with van der Waals surface area (Å²) in [5.74, 6) is -1.94. The predicted molar refractivity (Wildman–Crippen MR) is 64.4 cm³/mol. The highest BCUT2D eigenvalue weighted by Crippen LogP contribution is 2.14. The van der Waals surface area contributed by atoms with Crippen molar-refractivity contribution in [2.75, 3.05) is 13.2 Å². The first kappa shape index (κ1) is 13.7. The molecular weight excluding hydrogens is 232 g/mol. The lowest BCUT2D eigenvalue weighted by Gasteiger charge is -2.09. The highest BCUT2D eigenvalue weighted by atomic mass is 16.5. The lowest BCUT2D eigenvalue weighted by molar-refractivity contribution is -0.143. The minimum absolute atomic E-state index is 0.225. The third kappa shape index (κ3) is 3.91. The van der Waals surface area contributed by atoms with E-state index < -0.39 is 17.8 Å². The molecule has 0 radical (unpaired) electrons. The lowest BCUT2D eigenvalue weighted by atomic mass is 10.00. The first-order chi connectivity index (χ1) is 8.69. The van der Waals surface area contributed by atoms with E-state index in [9.17, 15) is 9.59 Å². The number of hydrogen-bond acceptors (Lipinski definition) is 4. The molecule has 1 amide bonds. The van der Waals surface area contributed by atoms with E-state index in [1.54, 1.807) is 37.3 Å². The van der Waals surface area contributed by atoms with Gasteiger partial charge in [0.2, 0.25) is 5.91 Å². The molecule has 1 aromatic carbocycles. The molecule has 1 rings (SSSR count). The number of hydrogen-bond donors (Lipinski definition) is 1. The summed E-state index contributed by atoms with van der Waals surface area (Å²) in [6, 6.07) is 10.6. The number of esters is 1. The molecule has 5 heteroatoms. The number of carbonyl (C=O) groups is 2. The van der Waals surface area contributed by atoms with Crippen LogP contribution in [0, 0.1) is 11.3 Å². The van der Waals surface area contributed by atoms with Crippen molar-refractivity contribution < 1.29 is 14.3 Å². The number of ether oxygens (including phenoxy) is 1. The summed E-state index contributed by atoms with van der Waals surface area (Å²) in [6.07, 6.45) is 0. The van der Waals surface area contributed by atoms with E-state index in [2.05, 4.69) is 10.1 Å².